The van der Waals surface area contributed by atoms with E-state index in [-0.39, 0.29) is 0 Å². The summed E-state index contributed by atoms with van der Waals surface area (Å²) in [7, 11) is -8.69. The fourth-order valence-electron chi connectivity index (χ4n) is 7.81. The topological polar surface area (TPSA) is 44.5 Å². The zero-order chi connectivity index (χ0) is 41.5. The Morgan fingerprint density at radius 2 is 0.561 bits per heavy atom. The zero-order valence-electron chi connectivity index (χ0n) is 37.3. The van der Waals surface area contributed by atoms with Crippen molar-refractivity contribution >= 4 is 95.3 Å². The van der Waals surface area contributed by atoms with Crippen molar-refractivity contribution in [1.29, 1.82) is 0 Å². The van der Waals surface area contributed by atoms with E-state index in [1.165, 1.54) is 22.3 Å². The summed E-state index contributed by atoms with van der Waals surface area (Å²) >= 11 is 0. The van der Waals surface area contributed by atoms with E-state index in [0.29, 0.717) is 0 Å². The molecule has 57 heavy (non-hydrogen) atoms. The Kier molecular flexibility index (Phi) is 10.4. The van der Waals surface area contributed by atoms with Gasteiger partial charge in [0.25, 0.3) is 0 Å². The zero-order valence-corrected chi connectivity index (χ0v) is 43.3. The molecule has 6 aromatic rings. The van der Waals surface area contributed by atoms with E-state index in [1.54, 1.807) is 15.6 Å². The molecule has 4 heterocycles. The number of rotatable bonds is 9. The lowest BCUT2D eigenvalue weighted by Gasteiger charge is -2.35. The second-order valence-electron chi connectivity index (χ2n) is 21.3. The maximum absolute atomic E-state index is 5.49. The van der Waals surface area contributed by atoms with Crippen molar-refractivity contribution in [2.45, 2.75) is 98.2 Å². The number of H-pyrrole nitrogens is 2. The van der Waals surface area contributed by atoms with E-state index in [2.05, 4.69) is 217 Å². The van der Waals surface area contributed by atoms with Crippen molar-refractivity contribution < 1.29 is 0 Å². The summed E-state index contributed by atoms with van der Waals surface area (Å²) in [5, 5.41) is 4.64. The van der Waals surface area contributed by atoms with Crippen LogP contribution < -0.4 is 15.6 Å². The van der Waals surface area contributed by atoms with E-state index in [9.17, 15) is 0 Å². The van der Waals surface area contributed by atoms with Crippen molar-refractivity contribution in [2.75, 3.05) is 0 Å². The van der Waals surface area contributed by atoms with Gasteiger partial charge in [-0.3, -0.25) is 0 Å². The third-order valence-corrected chi connectivity index (χ3v) is 67.8. The van der Waals surface area contributed by atoms with Crippen LogP contribution in [0.15, 0.2) is 97.1 Å². The van der Waals surface area contributed by atoms with Crippen LogP contribution in [-0.4, -0.2) is 60.5 Å². The van der Waals surface area contributed by atoms with Gasteiger partial charge in [0.1, 0.15) is 0 Å². The summed E-state index contributed by atoms with van der Waals surface area (Å²) in [4.78, 5) is 13.4. The highest BCUT2D eigenvalue weighted by atomic mass is 29.3. The Labute approximate surface area is 348 Å². The van der Waals surface area contributed by atoms with Crippen LogP contribution in [0.5, 0.6) is 0 Å². The van der Waals surface area contributed by atoms with Gasteiger partial charge in [0.05, 0.1) is 34.2 Å². The highest BCUT2D eigenvalue weighted by Crippen LogP contribution is 2.37. The van der Waals surface area contributed by atoms with Gasteiger partial charge in [-0.1, -0.05) is 187 Å². The SMILES string of the molecule is C[Si](C)(C)[Si](C)(C)c1ccc(-c2c3nc(c(-c4ccc([Si](C)(C)[Si](C)(C)C)cc4)c4ccc([nH]4)c(-c4ccc([Si](C)(C)[Si](C)(C)C)cc4)c4ccc2[nH]4)C=C3)cc1. The Hall–Kier alpha value is -3.59. The van der Waals surface area contributed by atoms with Crippen LogP contribution in [0.3, 0.4) is 0 Å². The first-order valence-electron chi connectivity index (χ1n) is 20.9. The van der Waals surface area contributed by atoms with E-state index in [0.717, 1.165) is 44.6 Å². The number of nitrogens with one attached hydrogen (secondary N) is 2. The highest BCUT2D eigenvalue weighted by Gasteiger charge is 2.40. The summed E-state index contributed by atoms with van der Waals surface area (Å²) in [6.07, 6.45) is 4.45. The molecule has 0 atom stereocenters. The van der Waals surface area contributed by atoms with Gasteiger partial charge < -0.3 is 9.97 Å². The number of aromatic amines is 2. The van der Waals surface area contributed by atoms with Gasteiger partial charge in [0.15, 0.2) is 0 Å². The number of aromatic nitrogens is 3. The van der Waals surface area contributed by atoms with E-state index in [4.69, 9.17) is 4.98 Å². The van der Waals surface area contributed by atoms with Crippen molar-refractivity contribution in [3.05, 3.63) is 108 Å². The van der Waals surface area contributed by atoms with Crippen LogP contribution in [-0.2, 0) is 0 Å². The Morgan fingerprint density at radius 3 is 0.825 bits per heavy atom. The highest BCUT2D eigenvalue weighted by molar-refractivity contribution is 7.46. The molecule has 0 saturated heterocycles. The van der Waals surface area contributed by atoms with Crippen LogP contribution in [0.25, 0.3) is 67.6 Å². The molecule has 0 saturated carbocycles. The molecule has 3 aromatic carbocycles. The lowest BCUT2D eigenvalue weighted by Crippen LogP contribution is -2.61. The van der Waals surface area contributed by atoms with E-state index < -0.39 is 45.5 Å². The first-order chi connectivity index (χ1) is 26.4. The number of hydrogen-bond donors (Lipinski definition) is 2. The minimum atomic E-state index is -1.56. The fraction of sp³-hybridized carbons (Fsp3) is 0.312. The Balaban J connectivity index is 1.51. The van der Waals surface area contributed by atoms with Crippen molar-refractivity contribution in [2.24, 2.45) is 0 Å². The quantitative estimate of drug-likeness (QED) is 0.140. The Morgan fingerprint density at radius 1 is 0.316 bits per heavy atom. The lowest BCUT2D eigenvalue weighted by molar-refractivity contribution is 1.32. The van der Waals surface area contributed by atoms with E-state index >= 15 is 0 Å². The van der Waals surface area contributed by atoms with Gasteiger partial charge in [-0.15, -0.1) is 0 Å². The molecule has 0 aliphatic carbocycles. The summed E-state index contributed by atoms with van der Waals surface area (Å²) in [6, 6.07) is 37.8. The van der Waals surface area contributed by atoms with Gasteiger partial charge in [0.2, 0.25) is 0 Å². The molecule has 296 valence electrons. The van der Waals surface area contributed by atoms with Crippen LogP contribution in [0.2, 0.25) is 98.2 Å². The lowest BCUT2D eigenvalue weighted by atomic mass is 10.0. The van der Waals surface area contributed by atoms with Crippen LogP contribution in [0, 0.1) is 0 Å². The maximum atomic E-state index is 5.49. The smallest absolute Gasteiger partial charge is 0.0737 e. The second-order valence-corrected chi connectivity index (χ2v) is 71.0. The van der Waals surface area contributed by atoms with Gasteiger partial charge in [-0.25, -0.2) is 4.98 Å². The maximum Gasteiger partial charge on any atom is 0.0737 e. The number of fused-ring (bicyclic) bond motifs is 6. The molecule has 0 radical (unpaired) electrons. The summed E-state index contributed by atoms with van der Waals surface area (Å²) in [5.41, 5.74) is 13.5. The van der Waals surface area contributed by atoms with Gasteiger partial charge in [0, 0.05) is 61.5 Å². The fourth-order valence-corrected chi connectivity index (χ4v) is 22.7. The van der Waals surface area contributed by atoms with Crippen LogP contribution >= 0.6 is 0 Å². The Bertz CT molecular complexity index is 2430. The van der Waals surface area contributed by atoms with Crippen LogP contribution in [0.1, 0.15) is 11.4 Å². The van der Waals surface area contributed by atoms with Crippen molar-refractivity contribution in [3.63, 3.8) is 0 Å². The molecule has 1 aliphatic rings. The molecule has 0 unspecified atom stereocenters. The molecule has 0 amide bonds. The largest absolute Gasteiger partial charge is 0.354 e. The predicted octanol–water partition coefficient (Wildman–Crippen LogP) is 12.6. The van der Waals surface area contributed by atoms with Gasteiger partial charge in [-0.05, 0) is 53.1 Å². The molecule has 6 bridgehead atoms. The predicted molar refractivity (Wildman–Crippen MR) is 272 cm³/mol. The van der Waals surface area contributed by atoms with Crippen molar-refractivity contribution in [3.8, 4) is 33.4 Å². The molecule has 3 aromatic heterocycles. The minimum absolute atomic E-state index is 0.992. The standard InChI is InChI=1S/C48H65N3Si6/c1-52(2,3)55(10,11)37-22-16-34(17-23-37)46-40-28-30-42(49-40)47(35-18-24-38(25-19-35)56(12,13)53(4,5)6)44-32-33-45(51-44)48(43-31-29-41(46)50-43)36-20-26-39(27-21-36)57(14,15)54(7,8)9/h16-33,49-50H,1-15H3. The molecule has 9 heteroatoms. The monoisotopic (exact) mass is 851 g/mol. The first-order valence-corrected chi connectivity index (χ1v) is 43.4. The molecule has 7 rings (SSSR count). The molecule has 0 fully saturated rings. The average Bonchev–Trinajstić information content (AvgIpc) is 3.91. The number of benzene rings is 3. The third-order valence-electron chi connectivity index (χ3n) is 14.9. The molecule has 0 spiro atoms. The van der Waals surface area contributed by atoms with Crippen LogP contribution in [0.4, 0.5) is 0 Å². The van der Waals surface area contributed by atoms with Gasteiger partial charge in [-0.2, -0.15) is 0 Å². The second kappa shape index (κ2) is 14.3. The third kappa shape index (κ3) is 7.37. The molecule has 3 nitrogen and oxygen atoms in total. The summed E-state index contributed by atoms with van der Waals surface area (Å²) in [6.45, 7) is 38.2. The van der Waals surface area contributed by atoms with E-state index in [1.807, 2.05) is 0 Å². The first kappa shape index (κ1) is 41.6. The molecule has 1 aliphatic heterocycles. The molecular formula is C48H65N3Si6. The minimum Gasteiger partial charge on any atom is -0.354 e. The van der Waals surface area contributed by atoms with Crippen molar-refractivity contribution in [1.82, 2.24) is 15.0 Å². The average molecular weight is 853 g/mol. The van der Waals surface area contributed by atoms with Gasteiger partial charge >= 0.3 is 0 Å². The number of nitrogens with zero attached hydrogens (tertiary/aromatic N) is 1. The molecular weight excluding hydrogens is 787 g/mol. The molecule has 2 N–H and O–H groups in total. The summed E-state index contributed by atoms with van der Waals surface area (Å²) < 4.78 is 0. The number of hydrogen-bond acceptors (Lipinski definition) is 1. The summed E-state index contributed by atoms with van der Waals surface area (Å²) in [5.74, 6) is 0. The normalized spacial score (nSPS) is 13.8.